The van der Waals surface area contributed by atoms with E-state index in [1.807, 2.05) is 0 Å². The number of ether oxygens (including phenoxy) is 1. The van der Waals surface area contributed by atoms with Crippen LogP contribution in [0.15, 0.2) is 66.7 Å². The first-order chi connectivity index (χ1) is 13.5. The van der Waals surface area contributed by atoms with Gasteiger partial charge in [0.2, 0.25) is 0 Å². The Labute approximate surface area is 160 Å². The van der Waals surface area contributed by atoms with Crippen molar-refractivity contribution >= 4 is 11.6 Å². The fourth-order valence-corrected chi connectivity index (χ4v) is 3.70. The molecule has 1 aliphatic rings. The Balaban J connectivity index is 1.89. The Kier molecular flexibility index (Phi) is 4.51. The summed E-state index contributed by atoms with van der Waals surface area (Å²) in [5.41, 5.74) is 1.30. The number of fused-ring (bicyclic) bond motifs is 2. The number of halogens is 2. The second-order valence-corrected chi connectivity index (χ2v) is 6.76. The molecule has 3 aromatic carbocycles. The maximum Gasteiger partial charge on any atom is 0.174 e. The fourth-order valence-electron chi connectivity index (χ4n) is 3.70. The van der Waals surface area contributed by atoms with Crippen LogP contribution in [0.2, 0.25) is 0 Å². The number of carbonyl (C=O) groups is 2. The van der Waals surface area contributed by atoms with Gasteiger partial charge in [0.15, 0.2) is 5.78 Å². The summed E-state index contributed by atoms with van der Waals surface area (Å²) in [5.74, 6) is -2.62. The largest absolute Gasteiger partial charge is 0.457 e. The Bertz CT molecular complexity index is 1070. The lowest BCUT2D eigenvalue weighted by Gasteiger charge is -2.32. The van der Waals surface area contributed by atoms with Crippen LogP contribution in [-0.4, -0.2) is 11.6 Å². The number of carbonyl (C=O) groups excluding carboxylic acids is 2. The number of hydrogen-bond acceptors (Lipinski definition) is 3. The summed E-state index contributed by atoms with van der Waals surface area (Å²) >= 11 is 0. The molecule has 3 nitrogen and oxygen atoms in total. The summed E-state index contributed by atoms with van der Waals surface area (Å²) < 4.78 is 33.1. The lowest BCUT2D eigenvalue weighted by Crippen LogP contribution is -2.31. The molecule has 0 bridgehead atoms. The molecule has 0 unspecified atom stereocenters. The van der Waals surface area contributed by atoms with Gasteiger partial charge in [0.05, 0.1) is 5.92 Å². The Hall–Kier alpha value is -3.34. The molecule has 5 heteroatoms. The van der Waals surface area contributed by atoms with Gasteiger partial charge in [-0.1, -0.05) is 18.2 Å². The molecule has 0 amide bonds. The van der Waals surface area contributed by atoms with Gasteiger partial charge in [0, 0.05) is 22.6 Å². The van der Waals surface area contributed by atoms with E-state index in [1.165, 1.54) is 49.4 Å². The molecule has 28 heavy (non-hydrogen) atoms. The van der Waals surface area contributed by atoms with E-state index in [4.69, 9.17) is 4.74 Å². The topological polar surface area (TPSA) is 43.4 Å². The molecule has 0 aliphatic carbocycles. The van der Waals surface area contributed by atoms with E-state index in [0.29, 0.717) is 22.6 Å². The number of hydrogen-bond donors (Lipinski definition) is 0. The summed E-state index contributed by atoms with van der Waals surface area (Å²) in [6, 6.07) is 16.2. The first-order valence-corrected chi connectivity index (χ1v) is 8.82. The molecule has 0 saturated heterocycles. The molecule has 0 fully saturated rings. The van der Waals surface area contributed by atoms with E-state index in [9.17, 15) is 18.4 Å². The van der Waals surface area contributed by atoms with Crippen LogP contribution in [0.4, 0.5) is 8.78 Å². The van der Waals surface area contributed by atoms with Crippen molar-refractivity contribution in [1.82, 2.24) is 0 Å². The number of benzene rings is 3. The van der Waals surface area contributed by atoms with Gasteiger partial charge in [0.1, 0.15) is 28.9 Å². The predicted molar refractivity (Wildman–Crippen MR) is 99.7 cm³/mol. The molecule has 1 heterocycles. The SMILES string of the molecule is CC(=O)[C@H](C(=O)c1ccc(F)cc1)[C@@H]1c2ccccc2Oc2ccc(F)cc21. The third-order valence-corrected chi connectivity index (χ3v) is 4.96. The molecule has 0 N–H and O–H groups in total. The standard InChI is InChI=1S/C23H16F2O3/c1-13(26)21(23(27)14-6-8-15(24)9-7-14)22-17-4-2-3-5-19(17)28-20-11-10-16(25)12-18(20)22/h2-12,21-22H,1H3/t21-,22+/m0/s1. The Morgan fingerprint density at radius 1 is 0.857 bits per heavy atom. The van der Waals surface area contributed by atoms with Crippen LogP contribution in [-0.2, 0) is 4.79 Å². The molecule has 3 aromatic rings. The van der Waals surface area contributed by atoms with Crippen molar-refractivity contribution in [2.75, 3.05) is 0 Å². The molecule has 0 saturated carbocycles. The summed E-state index contributed by atoms with van der Waals surface area (Å²) in [7, 11) is 0. The Morgan fingerprint density at radius 2 is 1.50 bits per heavy atom. The molecular formula is C23H16F2O3. The van der Waals surface area contributed by atoms with Crippen LogP contribution in [0.5, 0.6) is 11.5 Å². The van der Waals surface area contributed by atoms with Crippen molar-refractivity contribution in [2.45, 2.75) is 12.8 Å². The fraction of sp³-hybridized carbons (Fsp3) is 0.130. The number of para-hydroxylation sites is 1. The van der Waals surface area contributed by atoms with Gasteiger partial charge < -0.3 is 4.74 Å². The minimum absolute atomic E-state index is 0.225. The molecule has 0 radical (unpaired) electrons. The van der Waals surface area contributed by atoms with Gasteiger partial charge in [-0.05, 0) is 55.5 Å². The highest BCUT2D eigenvalue weighted by atomic mass is 19.1. The molecule has 140 valence electrons. The molecule has 4 rings (SSSR count). The molecule has 2 atom stereocenters. The van der Waals surface area contributed by atoms with Crippen molar-refractivity contribution in [2.24, 2.45) is 5.92 Å². The molecule has 1 aliphatic heterocycles. The minimum Gasteiger partial charge on any atom is -0.457 e. The highest BCUT2D eigenvalue weighted by molar-refractivity contribution is 6.11. The van der Waals surface area contributed by atoms with E-state index < -0.39 is 29.3 Å². The number of rotatable bonds is 4. The van der Waals surface area contributed by atoms with Crippen LogP contribution in [0.1, 0.15) is 34.3 Å². The first kappa shape index (κ1) is 18.0. The van der Waals surface area contributed by atoms with Gasteiger partial charge in [-0.3, -0.25) is 9.59 Å². The van der Waals surface area contributed by atoms with E-state index in [2.05, 4.69) is 0 Å². The van der Waals surface area contributed by atoms with E-state index >= 15 is 0 Å². The van der Waals surface area contributed by atoms with Crippen molar-refractivity contribution in [3.05, 3.63) is 95.1 Å². The zero-order chi connectivity index (χ0) is 19.8. The molecular weight excluding hydrogens is 362 g/mol. The highest BCUT2D eigenvalue weighted by Crippen LogP contribution is 2.48. The molecule has 0 spiro atoms. The Morgan fingerprint density at radius 3 is 2.21 bits per heavy atom. The first-order valence-electron chi connectivity index (χ1n) is 8.82. The maximum atomic E-state index is 14.0. The van der Waals surface area contributed by atoms with Crippen molar-refractivity contribution in [3.8, 4) is 11.5 Å². The summed E-state index contributed by atoms with van der Waals surface area (Å²) in [6.07, 6.45) is 0. The second kappa shape index (κ2) is 7.00. The van der Waals surface area contributed by atoms with Gasteiger partial charge >= 0.3 is 0 Å². The lowest BCUT2D eigenvalue weighted by molar-refractivity contribution is -0.119. The third-order valence-electron chi connectivity index (χ3n) is 4.96. The van der Waals surface area contributed by atoms with E-state index in [1.54, 1.807) is 24.3 Å². The molecule has 0 aromatic heterocycles. The van der Waals surface area contributed by atoms with Crippen molar-refractivity contribution < 1.29 is 23.1 Å². The maximum absolute atomic E-state index is 14.0. The van der Waals surface area contributed by atoms with E-state index in [-0.39, 0.29) is 11.3 Å². The third kappa shape index (κ3) is 3.09. The second-order valence-electron chi connectivity index (χ2n) is 6.76. The average molecular weight is 378 g/mol. The zero-order valence-electron chi connectivity index (χ0n) is 15.0. The van der Waals surface area contributed by atoms with Crippen molar-refractivity contribution in [1.29, 1.82) is 0 Å². The van der Waals surface area contributed by atoms with Gasteiger partial charge in [-0.2, -0.15) is 0 Å². The smallest absolute Gasteiger partial charge is 0.174 e. The summed E-state index contributed by atoms with van der Waals surface area (Å²) in [4.78, 5) is 25.8. The minimum atomic E-state index is -1.09. The number of ketones is 2. The predicted octanol–water partition coefficient (Wildman–Crippen LogP) is 5.29. The van der Waals surface area contributed by atoms with Gasteiger partial charge in [-0.25, -0.2) is 8.78 Å². The summed E-state index contributed by atoms with van der Waals surface area (Å²) in [6.45, 7) is 1.34. The van der Waals surface area contributed by atoms with Crippen molar-refractivity contribution in [3.63, 3.8) is 0 Å². The van der Waals surface area contributed by atoms with Crippen LogP contribution in [0.3, 0.4) is 0 Å². The summed E-state index contributed by atoms with van der Waals surface area (Å²) in [5, 5.41) is 0. The lowest BCUT2D eigenvalue weighted by atomic mass is 9.74. The van der Waals surface area contributed by atoms with Crippen LogP contribution < -0.4 is 4.74 Å². The highest BCUT2D eigenvalue weighted by Gasteiger charge is 2.40. The monoisotopic (exact) mass is 378 g/mol. The van der Waals surface area contributed by atoms with Crippen LogP contribution >= 0.6 is 0 Å². The van der Waals surface area contributed by atoms with Gasteiger partial charge in [0.25, 0.3) is 0 Å². The zero-order valence-corrected chi connectivity index (χ0v) is 15.0. The van der Waals surface area contributed by atoms with Crippen LogP contribution in [0, 0.1) is 17.6 Å². The van der Waals surface area contributed by atoms with Gasteiger partial charge in [-0.15, -0.1) is 0 Å². The average Bonchev–Trinajstić information content (AvgIpc) is 2.68. The van der Waals surface area contributed by atoms with E-state index in [0.717, 1.165) is 0 Å². The van der Waals surface area contributed by atoms with Crippen LogP contribution in [0.25, 0.3) is 0 Å². The quantitative estimate of drug-likeness (QED) is 0.458. The normalized spacial score (nSPS) is 15.8. The number of Topliss-reactive ketones (excluding diaryl/α,β-unsaturated/α-hetero) is 2.